The molecule has 0 fully saturated rings. The van der Waals surface area contributed by atoms with Crippen LogP contribution in [-0.4, -0.2) is 23.4 Å². The molecule has 7 heteroatoms. The molecule has 17 heavy (non-hydrogen) atoms. The molecule has 0 aliphatic carbocycles. The van der Waals surface area contributed by atoms with E-state index >= 15 is 0 Å². The van der Waals surface area contributed by atoms with Gasteiger partial charge in [-0.15, -0.1) is 0 Å². The fourth-order valence-electron chi connectivity index (χ4n) is 1.33. The molecule has 0 saturated carbocycles. The third kappa shape index (κ3) is 2.44. The minimum absolute atomic E-state index is 0.0400. The van der Waals surface area contributed by atoms with Gasteiger partial charge < -0.3 is 4.98 Å². The van der Waals surface area contributed by atoms with Crippen molar-refractivity contribution in [3.63, 3.8) is 0 Å². The molecule has 0 atom stereocenters. The molecule has 0 aliphatic heterocycles. The maximum Gasteiger partial charge on any atom is 0.279 e. The van der Waals surface area contributed by atoms with E-state index < -0.39 is 10.0 Å². The fourth-order valence-corrected chi connectivity index (χ4v) is 2.42. The smallest absolute Gasteiger partial charge is 0.279 e. The van der Waals surface area contributed by atoms with Gasteiger partial charge in [0, 0.05) is 6.20 Å². The summed E-state index contributed by atoms with van der Waals surface area (Å²) in [6.07, 6.45) is 2.89. The second-order valence-corrected chi connectivity index (χ2v) is 5.23. The highest BCUT2D eigenvalue weighted by Gasteiger charge is 2.17. The van der Waals surface area contributed by atoms with E-state index in [4.69, 9.17) is 0 Å². The number of sulfonamides is 1. The Morgan fingerprint density at radius 1 is 1.29 bits per heavy atom. The first-order chi connectivity index (χ1) is 7.99. The van der Waals surface area contributed by atoms with Gasteiger partial charge in [-0.1, -0.05) is 0 Å². The van der Waals surface area contributed by atoms with Crippen molar-refractivity contribution in [2.45, 2.75) is 18.9 Å². The predicted molar refractivity (Wildman–Crippen MR) is 63.1 cm³/mol. The summed E-state index contributed by atoms with van der Waals surface area (Å²) >= 11 is 0. The monoisotopic (exact) mass is 252 g/mol. The predicted octanol–water partition coefficient (Wildman–Crippen LogP) is 1.22. The highest BCUT2D eigenvalue weighted by Crippen LogP contribution is 2.16. The Hall–Kier alpha value is -1.89. The van der Waals surface area contributed by atoms with Gasteiger partial charge in [0.25, 0.3) is 10.0 Å². The highest BCUT2D eigenvalue weighted by molar-refractivity contribution is 7.92. The van der Waals surface area contributed by atoms with Gasteiger partial charge in [-0.2, -0.15) is 8.42 Å². The zero-order valence-corrected chi connectivity index (χ0v) is 10.2. The largest absolute Gasteiger partial charge is 0.332 e. The lowest BCUT2D eigenvalue weighted by molar-refractivity contribution is 0.598. The number of hydrogen-bond acceptors (Lipinski definition) is 4. The van der Waals surface area contributed by atoms with Crippen LogP contribution in [0.25, 0.3) is 0 Å². The maximum atomic E-state index is 12.0. The maximum absolute atomic E-state index is 12.0. The van der Waals surface area contributed by atoms with Crippen molar-refractivity contribution in [2.24, 2.45) is 0 Å². The number of anilines is 1. The van der Waals surface area contributed by atoms with Gasteiger partial charge in [0.1, 0.15) is 5.82 Å². The molecule has 0 unspecified atom stereocenters. The van der Waals surface area contributed by atoms with Crippen LogP contribution >= 0.6 is 0 Å². The molecule has 2 N–H and O–H groups in total. The third-order valence-electron chi connectivity index (χ3n) is 2.22. The number of imidazole rings is 1. The molecule has 0 aliphatic rings. The molecule has 0 saturated heterocycles. The van der Waals surface area contributed by atoms with Crippen molar-refractivity contribution in [3.8, 4) is 0 Å². The third-order valence-corrected chi connectivity index (χ3v) is 3.50. The van der Waals surface area contributed by atoms with Crippen LogP contribution < -0.4 is 4.72 Å². The molecule has 90 valence electrons. The lowest BCUT2D eigenvalue weighted by Gasteiger charge is -2.07. The highest BCUT2D eigenvalue weighted by atomic mass is 32.2. The number of aryl methyl sites for hydroxylation is 2. The lowest BCUT2D eigenvalue weighted by Crippen LogP contribution is -2.14. The summed E-state index contributed by atoms with van der Waals surface area (Å²) in [5.41, 5.74) is 1.08. The molecule has 6 nitrogen and oxygen atoms in total. The van der Waals surface area contributed by atoms with Gasteiger partial charge in [-0.25, -0.2) is 4.98 Å². The molecule has 0 aromatic carbocycles. The Balaban J connectivity index is 2.33. The minimum atomic E-state index is -3.62. The molecule has 2 rings (SSSR count). The van der Waals surface area contributed by atoms with E-state index in [0.29, 0.717) is 17.2 Å². The first-order valence-electron chi connectivity index (χ1n) is 4.95. The first-order valence-corrected chi connectivity index (χ1v) is 6.43. The van der Waals surface area contributed by atoms with Crippen LogP contribution in [-0.2, 0) is 10.0 Å². The van der Waals surface area contributed by atoms with Crippen LogP contribution in [0.15, 0.2) is 29.6 Å². The van der Waals surface area contributed by atoms with Gasteiger partial charge >= 0.3 is 0 Å². The number of nitrogens with zero attached hydrogens (tertiary/aromatic N) is 2. The molecule has 0 radical (unpaired) electrons. The fraction of sp³-hybridized carbons (Fsp3) is 0.200. The number of nitrogens with one attached hydrogen (secondary N) is 2. The minimum Gasteiger partial charge on any atom is -0.332 e. The van der Waals surface area contributed by atoms with Gasteiger partial charge in [-0.3, -0.25) is 9.71 Å². The van der Waals surface area contributed by atoms with Crippen LogP contribution in [0.3, 0.4) is 0 Å². The zero-order valence-electron chi connectivity index (χ0n) is 9.43. The van der Waals surface area contributed by atoms with Gasteiger partial charge in [0.05, 0.1) is 17.6 Å². The van der Waals surface area contributed by atoms with Gasteiger partial charge in [0.2, 0.25) is 0 Å². The Morgan fingerprint density at radius 3 is 2.65 bits per heavy atom. The van der Waals surface area contributed by atoms with Crippen molar-refractivity contribution in [3.05, 3.63) is 36.0 Å². The van der Waals surface area contributed by atoms with Crippen molar-refractivity contribution in [2.75, 3.05) is 4.72 Å². The van der Waals surface area contributed by atoms with Crippen molar-refractivity contribution >= 4 is 15.7 Å². The van der Waals surface area contributed by atoms with E-state index in [1.165, 1.54) is 6.20 Å². The number of pyridine rings is 1. The van der Waals surface area contributed by atoms with E-state index in [1.807, 2.05) is 0 Å². The summed E-state index contributed by atoms with van der Waals surface area (Å²) in [4.78, 5) is 10.5. The molecular formula is C10H12N4O2S. The summed E-state index contributed by atoms with van der Waals surface area (Å²) in [5.74, 6) is 0.549. The Kier molecular flexibility index (Phi) is 2.84. The van der Waals surface area contributed by atoms with Crippen molar-refractivity contribution < 1.29 is 8.42 Å². The Labute approximate surface area is 99.2 Å². The molecular weight excluding hydrogens is 240 g/mol. The summed E-state index contributed by atoms with van der Waals surface area (Å²) < 4.78 is 26.4. The second kappa shape index (κ2) is 4.17. The molecule has 0 bridgehead atoms. The summed E-state index contributed by atoms with van der Waals surface area (Å²) in [6, 6.07) is 3.33. The van der Waals surface area contributed by atoms with E-state index in [1.54, 1.807) is 32.2 Å². The van der Waals surface area contributed by atoms with Crippen LogP contribution in [0.5, 0.6) is 0 Å². The van der Waals surface area contributed by atoms with Gasteiger partial charge in [0.15, 0.2) is 5.03 Å². The average Bonchev–Trinajstić information content (AvgIpc) is 2.69. The summed E-state index contributed by atoms with van der Waals surface area (Å²) in [6.45, 7) is 3.42. The van der Waals surface area contributed by atoms with E-state index in [-0.39, 0.29) is 5.03 Å². The van der Waals surface area contributed by atoms with E-state index in [0.717, 1.165) is 0 Å². The Morgan fingerprint density at radius 2 is 2.06 bits per heavy atom. The molecule has 0 spiro atoms. The van der Waals surface area contributed by atoms with Crippen molar-refractivity contribution in [1.82, 2.24) is 15.0 Å². The van der Waals surface area contributed by atoms with E-state index in [9.17, 15) is 8.42 Å². The number of H-pyrrole nitrogens is 1. The van der Waals surface area contributed by atoms with Crippen LogP contribution in [0, 0.1) is 13.8 Å². The van der Waals surface area contributed by atoms with E-state index in [2.05, 4.69) is 19.7 Å². The normalized spacial score (nSPS) is 11.4. The molecule has 2 aromatic heterocycles. The average molecular weight is 252 g/mol. The van der Waals surface area contributed by atoms with Crippen LogP contribution in [0.2, 0.25) is 0 Å². The molecule has 2 aromatic rings. The lowest BCUT2D eigenvalue weighted by atomic mass is 10.3. The molecule has 0 amide bonds. The van der Waals surface area contributed by atoms with Gasteiger partial charge in [-0.05, 0) is 26.0 Å². The first kappa shape index (κ1) is 11.6. The quantitative estimate of drug-likeness (QED) is 0.859. The summed E-state index contributed by atoms with van der Waals surface area (Å²) in [5, 5.41) is 0.0400. The van der Waals surface area contributed by atoms with Crippen molar-refractivity contribution in [1.29, 1.82) is 0 Å². The standard InChI is InChI=1S/C10H12N4O2S/c1-7-9(4-3-5-11-7)14-17(15,16)10-6-12-8(2)13-10/h3-6,14H,1-2H3,(H,12,13). The molecule has 2 heterocycles. The number of aromatic nitrogens is 3. The van der Waals surface area contributed by atoms with Crippen LogP contribution in [0.1, 0.15) is 11.5 Å². The SMILES string of the molecule is Cc1ncc(S(=O)(=O)Nc2cccnc2C)[nH]1. The zero-order chi connectivity index (χ0) is 12.5. The Bertz CT molecular complexity index is 633. The number of rotatable bonds is 3. The second-order valence-electron chi connectivity index (χ2n) is 3.57. The summed E-state index contributed by atoms with van der Waals surface area (Å²) in [7, 11) is -3.62. The number of hydrogen-bond donors (Lipinski definition) is 2. The number of aromatic amines is 1. The van der Waals surface area contributed by atoms with Crippen LogP contribution in [0.4, 0.5) is 5.69 Å². The topological polar surface area (TPSA) is 87.7 Å².